The van der Waals surface area contributed by atoms with Crippen LogP contribution in [-0.4, -0.2) is 25.7 Å². The Labute approximate surface area is 151 Å². The van der Waals surface area contributed by atoms with Crippen LogP contribution in [-0.2, 0) is 16.6 Å². The van der Waals surface area contributed by atoms with Crippen molar-refractivity contribution < 1.29 is 22.1 Å². The third-order valence-electron chi connectivity index (χ3n) is 3.69. The summed E-state index contributed by atoms with van der Waals surface area (Å²) in [6.07, 6.45) is 1.48. The van der Waals surface area contributed by atoms with Crippen molar-refractivity contribution in [1.82, 2.24) is 14.9 Å². The van der Waals surface area contributed by atoms with E-state index in [4.69, 9.17) is 13.7 Å². The highest BCUT2D eigenvalue weighted by Crippen LogP contribution is 2.32. The highest BCUT2D eigenvalue weighted by atomic mass is 32.2. The van der Waals surface area contributed by atoms with Gasteiger partial charge in [-0.05, 0) is 30.3 Å². The Bertz CT molecular complexity index is 978. The fourth-order valence-corrected chi connectivity index (χ4v) is 3.28. The minimum Gasteiger partial charge on any atom is -0.496 e. The molecule has 0 unspecified atom stereocenters. The van der Waals surface area contributed by atoms with Gasteiger partial charge in [0.2, 0.25) is 10.0 Å². The van der Waals surface area contributed by atoms with E-state index in [-0.39, 0.29) is 23.2 Å². The van der Waals surface area contributed by atoms with Gasteiger partial charge in [0, 0.05) is 5.92 Å². The zero-order chi connectivity index (χ0) is 18.7. The van der Waals surface area contributed by atoms with E-state index < -0.39 is 10.0 Å². The summed E-state index contributed by atoms with van der Waals surface area (Å²) in [6.45, 7) is 3.92. The zero-order valence-corrected chi connectivity index (χ0v) is 15.4. The number of ether oxygens (including phenoxy) is 1. The molecule has 0 aliphatic heterocycles. The third kappa shape index (κ3) is 3.78. The molecule has 0 amide bonds. The van der Waals surface area contributed by atoms with Crippen molar-refractivity contribution in [1.29, 1.82) is 0 Å². The molecule has 1 aromatic carbocycles. The maximum absolute atomic E-state index is 12.6. The normalized spacial score (nSPS) is 11.8. The average Bonchev–Trinajstić information content (AvgIpc) is 3.31. The van der Waals surface area contributed by atoms with E-state index in [1.54, 1.807) is 18.2 Å². The largest absolute Gasteiger partial charge is 0.496 e. The summed E-state index contributed by atoms with van der Waals surface area (Å²) in [6, 6.07) is 7.83. The predicted molar refractivity (Wildman–Crippen MR) is 93.1 cm³/mol. The predicted octanol–water partition coefficient (Wildman–Crippen LogP) is 2.94. The molecular weight excluding hydrogens is 358 g/mol. The number of furan rings is 1. The topological polar surface area (TPSA) is 107 Å². The number of nitrogens with one attached hydrogen (secondary N) is 1. The summed E-state index contributed by atoms with van der Waals surface area (Å²) in [5.74, 6) is 1.77. The summed E-state index contributed by atoms with van der Waals surface area (Å²) in [5.41, 5.74) is 0.410. The smallest absolute Gasteiger partial charge is 0.261 e. The fourth-order valence-electron chi connectivity index (χ4n) is 2.26. The number of rotatable bonds is 7. The van der Waals surface area contributed by atoms with Crippen LogP contribution in [0.2, 0.25) is 0 Å². The summed E-state index contributed by atoms with van der Waals surface area (Å²) in [4.78, 5) is 4.37. The standard InChI is InChI=1S/C17H19N3O5S/c1-11(2)16-19-17(25-20-16)14-9-13(6-7-15(14)23-3)26(21,22)18-10-12-5-4-8-24-12/h4-9,11,18H,10H2,1-3H3. The third-order valence-corrected chi connectivity index (χ3v) is 5.09. The van der Waals surface area contributed by atoms with Crippen LogP contribution in [0.3, 0.4) is 0 Å². The van der Waals surface area contributed by atoms with Gasteiger partial charge in [-0.1, -0.05) is 19.0 Å². The Balaban J connectivity index is 1.93. The molecule has 2 aromatic heterocycles. The highest BCUT2D eigenvalue weighted by Gasteiger charge is 2.21. The fraction of sp³-hybridized carbons (Fsp3) is 0.294. The van der Waals surface area contributed by atoms with Crippen LogP contribution in [0.1, 0.15) is 31.4 Å². The molecule has 3 rings (SSSR count). The minimum absolute atomic E-state index is 0.0503. The lowest BCUT2D eigenvalue weighted by molar-refractivity contribution is 0.401. The van der Waals surface area contributed by atoms with Gasteiger partial charge in [0.15, 0.2) is 5.82 Å². The number of methoxy groups -OCH3 is 1. The van der Waals surface area contributed by atoms with Gasteiger partial charge < -0.3 is 13.7 Å². The quantitative estimate of drug-likeness (QED) is 0.674. The molecule has 1 N–H and O–H groups in total. The van der Waals surface area contributed by atoms with Crippen molar-refractivity contribution in [3.63, 3.8) is 0 Å². The van der Waals surface area contributed by atoms with Crippen LogP contribution in [0, 0.1) is 0 Å². The van der Waals surface area contributed by atoms with Crippen LogP contribution < -0.4 is 9.46 Å². The van der Waals surface area contributed by atoms with Gasteiger partial charge in [0.05, 0.1) is 30.4 Å². The molecule has 26 heavy (non-hydrogen) atoms. The molecule has 0 saturated carbocycles. The Morgan fingerprint density at radius 3 is 2.69 bits per heavy atom. The molecule has 8 nitrogen and oxygen atoms in total. The van der Waals surface area contributed by atoms with Crippen molar-refractivity contribution in [2.75, 3.05) is 7.11 Å². The van der Waals surface area contributed by atoms with E-state index in [0.29, 0.717) is 22.9 Å². The number of aromatic nitrogens is 2. The van der Waals surface area contributed by atoms with Crippen LogP contribution >= 0.6 is 0 Å². The number of sulfonamides is 1. The van der Waals surface area contributed by atoms with E-state index in [9.17, 15) is 8.42 Å². The van der Waals surface area contributed by atoms with E-state index in [1.807, 2.05) is 13.8 Å². The first-order valence-corrected chi connectivity index (χ1v) is 9.43. The van der Waals surface area contributed by atoms with Gasteiger partial charge >= 0.3 is 0 Å². The van der Waals surface area contributed by atoms with Crippen molar-refractivity contribution in [3.05, 3.63) is 48.2 Å². The summed E-state index contributed by atoms with van der Waals surface area (Å²) in [5, 5.41) is 3.91. The molecule has 0 bridgehead atoms. The molecular formula is C17H19N3O5S. The number of benzene rings is 1. The van der Waals surface area contributed by atoms with Crippen molar-refractivity contribution in [2.24, 2.45) is 0 Å². The Morgan fingerprint density at radius 2 is 2.08 bits per heavy atom. The van der Waals surface area contributed by atoms with Gasteiger partial charge in [0.25, 0.3) is 5.89 Å². The van der Waals surface area contributed by atoms with Crippen LogP contribution in [0.4, 0.5) is 0 Å². The summed E-state index contributed by atoms with van der Waals surface area (Å²) in [7, 11) is -2.27. The maximum atomic E-state index is 12.6. The first-order valence-electron chi connectivity index (χ1n) is 7.95. The van der Waals surface area contributed by atoms with Gasteiger partial charge in [0.1, 0.15) is 11.5 Å². The van der Waals surface area contributed by atoms with Gasteiger partial charge in [-0.15, -0.1) is 0 Å². The lowest BCUT2D eigenvalue weighted by atomic mass is 10.2. The van der Waals surface area contributed by atoms with Crippen molar-refractivity contribution in [3.8, 4) is 17.2 Å². The van der Waals surface area contributed by atoms with Crippen molar-refractivity contribution in [2.45, 2.75) is 31.2 Å². The Hall–Kier alpha value is -2.65. The van der Waals surface area contributed by atoms with E-state index >= 15 is 0 Å². The molecule has 0 aliphatic rings. The Kier molecular flexibility index (Phi) is 5.10. The second-order valence-electron chi connectivity index (χ2n) is 5.88. The molecule has 0 saturated heterocycles. The molecule has 2 heterocycles. The monoisotopic (exact) mass is 377 g/mol. The van der Waals surface area contributed by atoms with Crippen LogP contribution in [0.5, 0.6) is 5.75 Å². The molecule has 3 aromatic rings. The number of hydrogen-bond donors (Lipinski definition) is 1. The SMILES string of the molecule is COc1ccc(S(=O)(=O)NCc2ccco2)cc1-c1nc(C(C)C)no1. The lowest BCUT2D eigenvalue weighted by Gasteiger charge is -2.09. The zero-order valence-electron chi connectivity index (χ0n) is 14.6. The minimum atomic E-state index is -3.76. The molecule has 0 spiro atoms. The van der Waals surface area contributed by atoms with Gasteiger partial charge in [-0.3, -0.25) is 0 Å². The second kappa shape index (κ2) is 7.30. The second-order valence-corrected chi connectivity index (χ2v) is 7.65. The number of nitrogens with zero attached hydrogens (tertiary/aromatic N) is 2. The van der Waals surface area contributed by atoms with Crippen molar-refractivity contribution >= 4 is 10.0 Å². The first-order chi connectivity index (χ1) is 12.4. The Morgan fingerprint density at radius 1 is 1.27 bits per heavy atom. The molecule has 138 valence electrons. The van der Waals surface area contributed by atoms with E-state index in [0.717, 1.165) is 0 Å². The van der Waals surface area contributed by atoms with E-state index in [1.165, 1.54) is 25.5 Å². The molecule has 9 heteroatoms. The summed E-state index contributed by atoms with van der Waals surface area (Å²) >= 11 is 0. The van der Waals surface area contributed by atoms with Crippen LogP contribution in [0.25, 0.3) is 11.5 Å². The molecule has 0 radical (unpaired) electrons. The van der Waals surface area contributed by atoms with E-state index in [2.05, 4.69) is 14.9 Å². The van der Waals surface area contributed by atoms with Crippen LogP contribution in [0.15, 0.2) is 50.4 Å². The van der Waals surface area contributed by atoms with Gasteiger partial charge in [-0.2, -0.15) is 4.98 Å². The van der Waals surface area contributed by atoms with Gasteiger partial charge in [-0.25, -0.2) is 13.1 Å². The summed E-state index contributed by atoms with van der Waals surface area (Å²) < 4.78 is 43.3. The maximum Gasteiger partial charge on any atom is 0.261 e. The molecule has 0 atom stereocenters. The highest BCUT2D eigenvalue weighted by molar-refractivity contribution is 7.89. The molecule has 0 fully saturated rings. The lowest BCUT2D eigenvalue weighted by Crippen LogP contribution is -2.23. The molecule has 0 aliphatic carbocycles. The first kappa shape index (κ1) is 18.2. The number of hydrogen-bond acceptors (Lipinski definition) is 7. The average molecular weight is 377 g/mol.